The zero-order valence-corrected chi connectivity index (χ0v) is 15.7. The fourth-order valence-corrected chi connectivity index (χ4v) is 3.92. The van der Waals surface area contributed by atoms with Crippen LogP contribution in [-0.4, -0.2) is 49.0 Å². The number of thiocarbonyl (C=S) groups is 1. The molecule has 0 amide bonds. The van der Waals surface area contributed by atoms with E-state index in [1.807, 2.05) is 0 Å². The first-order valence-corrected chi connectivity index (χ1v) is 9.77. The number of hydrazone groups is 1. The van der Waals surface area contributed by atoms with Crippen molar-refractivity contribution in [2.75, 3.05) is 37.6 Å². The standard InChI is InChI=1S/C19H29N5S/c20-19(25)22-21-14-16-6-8-18(9-7-16)24-12-10-23(11-13-24)15-17-4-2-1-3-5-17/h6-9,14,17H,1-5,10-13,15H2,(H3,20,22,25). The highest BCUT2D eigenvalue weighted by Gasteiger charge is 2.21. The van der Waals surface area contributed by atoms with Crippen LogP contribution in [0.1, 0.15) is 37.7 Å². The molecule has 136 valence electrons. The van der Waals surface area contributed by atoms with Gasteiger partial charge in [-0.15, -0.1) is 0 Å². The Bertz CT molecular complexity index is 572. The van der Waals surface area contributed by atoms with E-state index in [1.54, 1.807) is 6.21 Å². The van der Waals surface area contributed by atoms with Crippen molar-refractivity contribution in [3.8, 4) is 0 Å². The Balaban J connectivity index is 1.45. The Kier molecular flexibility index (Phi) is 6.64. The van der Waals surface area contributed by atoms with E-state index in [4.69, 9.17) is 18.0 Å². The Morgan fingerprint density at radius 1 is 1.12 bits per heavy atom. The van der Waals surface area contributed by atoms with Crippen molar-refractivity contribution in [3.05, 3.63) is 29.8 Å². The van der Waals surface area contributed by atoms with Gasteiger partial charge in [-0.25, -0.2) is 0 Å². The summed E-state index contributed by atoms with van der Waals surface area (Å²) >= 11 is 4.72. The lowest BCUT2D eigenvalue weighted by Gasteiger charge is -2.38. The van der Waals surface area contributed by atoms with Gasteiger partial charge in [-0.1, -0.05) is 31.4 Å². The summed E-state index contributed by atoms with van der Waals surface area (Å²) in [6, 6.07) is 8.49. The van der Waals surface area contributed by atoms with Crippen LogP contribution in [0.4, 0.5) is 5.69 Å². The molecule has 2 aliphatic rings. The third-order valence-electron chi connectivity index (χ3n) is 5.26. The highest BCUT2D eigenvalue weighted by molar-refractivity contribution is 7.80. The van der Waals surface area contributed by atoms with Crippen LogP contribution in [0.3, 0.4) is 0 Å². The molecule has 0 atom stereocenters. The summed E-state index contributed by atoms with van der Waals surface area (Å²) in [5.74, 6) is 0.939. The molecule has 1 saturated carbocycles. The molecule has 1 aromatic rings. The molecule has 2 fully saturated rings. The number of anilines is 1. The van der Waals surface area contributed by atoms with Crippen LogP contribution in [0, 0.1) is 5.92 Å². The second kappa shape index (κ2) is 9.15. The van der Waals surface area contributed by atoms with Gasteiger partial charge < -0.3 is 10.6 Å². The number of hydrogen-bond acceptors (Lipinski definition) is 4. The molecule has 0 spiro atoms. The van der Waals surface area contributed by atoms with Gasteiger partial charge in [-0.3, -0.25) is 10.3 Å². The van der Waals surface area contributed by atoms with Gasteiger partial charge in [0, 0.05) is 38.4 Å². The second-order valence-electron chi connectivity index (χ2n) is 7.12. The monoisotopic (exact) mass is 359 g/mol. The van der Waals surface area contributed by atoms with Crippen molar-refractivity contribution >= 4 is 29.2 Å². The summed E-state index contributed by atoms with van der Waals surface area (Å²) in [6.45, 7) is 5.89. The lowest BCUT2D eigenvalue weighted by Crippen LogP contribution is -2.48. The number of piperazine rings is 1. The minimum Gasteiger partial charge on any atom is -0.375 e. The van der Waals surface area contributed by atoms with Crippen LogP contribution in [0.15, 0.2) is 29.4 Å². The first kappa shape index (κ1) is 18.1. The van der Waals surface area contributed by atoms with Crippen molar-refractivity contribution in [2.45, 2.75) is 32.1 Å². The lowest BCUT2D eigenvalue weighted by molar-refractivity contribution is 0.192. The third kappa shape index (κ3) is 5.68. The Hall–Kier alpha value is -1.66. The van der Waals surface area contributed by atoms with Crippen LogP contribution in [0.25, 0.3) is 0 Å². The largest absolute Gasteiger partial charge is 0.375 e. The van der Waals surface area contributed by atoms with Gasteiger partial charge in [-0.2, -0.15) is 5.10 Å². The molecule has 0 unspecified atom stereocenters. The number of nitrogens with two attached hydrogens (primary N) is 1. The average molecular weight is 360 g/mol. The minimum absolute atomic E-state index is 0.180. The zero-order chi connectivity index (χ0) is 17.5. The zero-order valence-electron chi connectivity index (χ0n) is 14.9. The Morgan fingerprint density at radius 2 is 1.80 bits per heavy atom. The van der Waals surface area contributed by atoms with Crippen LogP contribution in [-0.2, 0) is 0 Å². The number of benzene rings is 1. The molecule has 1 aliphatic heterocycles. The average Bonchev–Trinajstić information content (AvgIpc) is 2.64. The predicted octanol–water partition coefficient (Wildman–Crippen LogP) is 2.56. The molecule has 0 aromatic heterocycles. The summed E-state index contributed by atoms with van der Waals surface area (Å²) in [4.78, 5) is 5.14. The smallest absolute Gasteiger partial charge is 0.184 e. The van der Waals surface area contributed by atoms with Crippen LogP contribution >= 0.6 is 12.2 Å². The molecule has 25 heavy (non-hydrogen) atoms. The molecule has 6 heteroatoms. The van der Waals surface area contributed by atoms with E-state index < -0.39 is 0 Å². The topological polar surface area (TPSA) is 56.9 Å². The predicted molar refractivity (Wildman–Crippen MR) is 109 cm³/mol. The molecule has 3 rings (SSSR count). The van der Waals surface area contributed by atoms with Crippen molar-refractivity contribution in [2.24, 2.45) is 16.8 Å². The molecule has 1 heterocycles. The molecule has 1 aliphatic carbocycles. The highest BCUT2D eigenvalue weighted by atomic mass is 32.1. The quantitative estimate of drug-likeness (QED) is 0.481. The van der Waals surface area contributed by atoms with E-state index >= 15 is 0 Å². The first-order chi connectivity index (χ1) is 12.2. The summed E-state index contributed by atoms with van der Waals surface area (Å²) in [6.07, 6.45) is 8.92. The second-order valence-corrected chi connectivity index (χ2v) is 7.56. The van der Waals surface area contributed by atoms with Crippen molar-refractivity contribution in [1.29, 1.82) is 0 Å². The Labute approximate surface area is 156 Å². The van der Waals surface area contributed by atoms with Crippen molar-refractivity contribution in [1.82, 2.24) is 10.3 Å². The molecule has 0 radical (unpaired) electrons. The maximum Gasteiger partial charge on any atom is 0.184 e. The van der Waals surface area contributed by atoms with Gasteiger partial charge in [0.2, 0.25) is 0 Å². The van der Waals surface area contributed by atoms with Crippen molar-refractivity contribution in [3.63, 3.8) is 0 Å². The van der Waals surface area contributed by atoms with Gasteiger partial charge in [0.15, 0.2) is 5.11 Å². The number of nitrogens with one attached hydrogen (secondary N) is 1. The van der Waals surface area contributed by atoms with E-state index in [2.05, 4.69) is 44.6 Å². The molecular formula is C19H29N5S. The SMILES string of the molecule is NC(=S)NN=Cc1ccc(N2CCN(CC3CCCCC3)CC2)cc1. The molecule has 3 N–H and O–H groups in total. The number of hydrogen-bond donors (Lipinski definition) is 2. The van der Waals surface area contributed by atoms with Gasteiger partial charge in [0.1, 0.15) is 0 Å². The molecule has 5 nitrogen and oxygen atoms in total. The van der Waals surface area contributed by atoms with E-state index in [0.29, 0.717) is 0 Å². The van der Waals surface area contributed by atoms with Gasteiger partial charge in [0.05, 0.1) is 6.21 Å². The molecule has 1 saturated heterocycles. The highest BCUT2D eigenvalue weighted by Crippen LogP contribution is 2.25. The first-order valence-electron chi connectivity index (χ1n) is 9.36. The van der Waals surface area contributed by atoms with E-state index in [-0.39, 0.29) is 5.11 Å². The van der Waals surface area contributed by atoms with E-state index in [0.717, 1.165) is 24.6 Å². The molecule has 1 aromatic carbocycles. The maximum absolute atomic E-state index is 5.34. The van der Waals surface area contributed by atoms with Gasteiger partial charge >= 0.3 is 0 Å². The van der Waals surface area contributed by atoms with Crippen LogP contribution in [0.5, 0.6) is 0 Å². The fourth-order valence-electron chi connectivity index (χ4n) is 3.87. The minimum atomic E-state index is 0.180. The van der Waals surface area contributed by atoms with E-state index in [1.165, 1.54) is 57.4 Å². The van der Waals surface area contributed by atoms with Crippen LogP contribution < -0.4 is 16.1 Å². The summed E-state index contributed by atoms with van der Waals surface area (Å²) < 4.78 is 0. The normalized spacial score (nSPS) is 20.1. The summed E-state index contributed by atoms with van der Waals surface area (Å²) in [5.41, 5.74) is 10.2. The number of nitrogens with zero attached hydrogens (tertiary/aromatic N) is 3. The summed E-state index contributed by atoms with van der Waals surface area (Å²) in [7, 11) is 0. The Morgan fingerprint density at radius 3 is 2.44 bits per heavy atom. The van der Waals surface area contributed by atoms with Crippen LogP contribution in [0.2, 0.25) is 0 Å². The lowest BCUT2D eigenvalue weighted by atomic mass is 9.89. The van der Waals surface area contributed by atoms with Gasteiger partial charge in [-0.05, 0) is 48.7 Å². The third-order valence-corrected chi connectivity index (χ3v) is 5.35. The summed E-state index contributed by atoms with van der Waals surface area (Å²) in [5, 5.41) is 4.17. The molecular weight excluding hydrogens is 330 g/mol. The fraction of sp³-hybridized carbons (Fsp3) is 0.579. The number of rotatable bonds is 5. The van der Waals surface area contributed by atoms with Gasteiger partial charge in [0.25, 0.3) is 0 Å². The van der Waals surface area contributed by atoms with E-state index in [9.17, 15) is 0 Å². The maximum atomic E-state index is 5.34. The van der Waals surface area contributed by atoms with Crippen molar-refractivity contribution < 1.29 is 0 Å². The molecule has 0 bridgehead atoms.